The molecule has 3 nitrogen and oxygen atoms in total. The van der Waals surface area contributed by atoms with Crippen molar-refractivity contribution in [2.45, 2.75) is 25.6 Å². The third kappa shape index (κ3) is 2.84. The second-order valence-corrected chi connectivity index (χ2v) is 6.20. The monoisotopic (exact) mass is 270 g/mol. The standard InChI is InChI=1S/C12H18N2OS2/c1-9(5-7-16-2)14-11(15)8-13-12(14)10-4-3-6-17-10/h3-4,6,9,12-13H,5,7-8H2,1-2H3. The van der Waals surface area contributed by atoms with Crippen LogP contribution in [0.25, 0.3) is 0 Å². The van der Waals surface area contributed by atoms with E-state index in [2.05, 4.69) is 29.9 Å². The molecule has 1 aromatic heterocycles. The van der Waals surface area contributed by atoms with Crippen molar-refractivity contribution in [2.75, 3.05) is 18.6 Å². The molecule has 1 saturated heterocycles. The van der Waals surface area contributed by atoms with Gasteiger partial charge in [-0.15, -0.1) is 11.3 Å². The highest BCUT2D eigenvalue weighted by Crippen LogP contribution is 2.29. The summed E-state index contributed by atoms with van der Waals surface area (Å²) >= 11 is 3.54. The van der Waals surface area contributed by atoms with Gasteiger partial charge in [0.15, 0.2) is 0 Å². The fourth-order valence-corrected chi connectivity index (χ4v) is 3.50. The summed E-state index contributed by atoms with van der Waals surface area (Å²) in [6.07, 6.45) is 3.24. The number of carbonyl (C=O) groups excluding carboxylic acids is 1. The van der Waals surface area contributed by atoms with Gasteiger partial charge in [0.05, 0.1) is 6.54 Å². The van der Waals surface area contributed by atoms with Crippen LogP contribution in [0.2, 0.25) is 0 Å². The fraction of sp³-hybridized carbons (Fsp3) is 0.583. The molecule has 0 saturated carbocycles. The molecule has 5 heteroatoms. The molecule has 1 amide bonds. The molecular weight excluding hydrogens is 252 g/mol. The summed E-state index contributed by atoms with van der Waals surface area (Å²) in [6, 6.07) is 4.43. The van der Waals surface area contributed by atoms with E-state index in [1.807, 2.05) is 22.7 Å². The topological polar surface area (TPSA) is 32.3 Å². The highest BCUT2D eigenvalue weighted by molar-refractivity contribution is 7.98. The maximum absolute atomic E-state index is 11.9. The zero-order valence-electron chi connectivity index (χ0n) is 10.2. The zero-order valence-corrected chi connectivity index (χ0v) is 11.8. The van der Waals surface area contributed by atoms with Crippen molar-refractivity contribution in [3.63, 3.8) is 0 Å². The number of rotatable bonds is 5. The lowest BCUT2D eigenvalue weighted by molar-refractivity contribution is -0.130. The van der Waals surface area contributed by atoms with Gasteiger partial charge in [-0.25, -0.2) is 0 Å². The first-order valence-corrected chi connectivity index (χ1v) is 8.08. The Hall–Kier alpha value is -0.520. The Morgan fingerprint density at radius 3 is 3.18 bits per heavy atom. The predicted molar refractivity (Wildman–Crippen MR) is 74.4 cm³/mol. The maximum Gasteiger partial charge on any atom is 0.238 e. The minimum absolute atomic E-state index is 0.0827. The first-order chi connectivity index (χ1) is 8.24. The van der Waals surface area contributed by atoms with Crippen LogP contribution >= 0.6 is 23.1 Å². The highest BCUT2D eigenvalue weighted by Gasteiger charge is 2.35. The summed E-state index contributed by atoms with van der Waals surface area (Å²) in [5.41, 5.74) is 0. The van der Waals surface area contributed by atoms with Crippen molar-refractivity contribution in [3.05, 3.63) is 22.4 Å². The van der Waals surface area contributed by atoms with Crippen LogP contribution in [0.15, 0.2) is 17.5 Å². The molecule has 1 N–H and O–H groups in total. The van der Waals surface area contributed by atoms with Gasteiger partial charge in [0, 0.05) is 10.9 Å². The molecule has 1 fully saturated rings. The molecule has 2 heterocycles. The lowest BCUT2D eigenvalue weighted by Gasteiger charge is -2.29. The van der Waals surface area contributed by atoms with Crippen LogP contribution in [0, 0.1) is 0 Å². The minimum atomic E-state index is 0.0827. The third-order valence-corrected chi connectivity index (χ3v) is 4.61. The molecule has 2 atom stereocenters. The number of nitrogens with one attached hydrogen (secondary N) is 1. The Bertz CT molecular complexity index is 367. The molecule has 1 aliphatic heterocycles. The molecular formula is C12H18N2OS2. The first kappa shape index (κ1) is 12.9. The average Bonchev–Trinajstić information content (AvgIpc) is 2.94. The van der Waals surface area contributed by atoms with Crippen LogP contribution in [0.4, 0.5) is 0 Å². The van der Waals surface area contributed by atoms with Crippen LogP contribution in [-0.4, -0.2) is 35.4 Å². The van der Waals surface area contributed by atoms with E-state index in [-0.39, 0.29) is 12.1 Å². The Morgan fingerprint density at radius 1 is 1.71 bits per heavy atom. The molecule has 94 valence electrons. The predicted octanol–water partition coefficient (Wildman–Crippen LogP) is 2.32. The molecule has 2 unspecified atom stereocenters. The van der Waals surface area contributed by atoms with Gasteiger partial charge < -0.3 is 4.90 Å². The summed E-state index contributed by atoms with van der Waals surface area (Å²) in [5.74, 6) is 1.32. The minimum Gasteiger partial charge on any atom is -0.318 e. The molecule has 0 aliphatic carbocycles. The van der Waals surface area contributed by atoms with Crippen molar-refractivity contribution in [1.82, 2.24) is 10.2 Å². The van der Waals surface area contributed by atoms with Gasteiger partial charge in [-0.3, -0.25) is 10.1 Å². The summed E-state index contributed by atoms with van der Waals surface area (Å²) in [4.78, 5) is 15.2. The SMILES string of the molecule is CSCCC(C)N1C(=O)CNC1c1cccs1. The van der Waals surface area contributed by atoms with E-state index in [0.717, 1.165) is 12.2 Å². The van der Waals surface area contributed by atoms with Gasteiger partial charge in [0.1, 0.15) is 6.17 Å². The molecule has 0 aromatic carbocycles. The van der Waals surface area contributed by atoms with Crippen LogP contribution in [0.5, 0.6) is 0 Å². The maximum atomic E-state index is 11.9. The lowest BCUT2D eigenvalue weighted by atomic mass is 10.2. The smallest absolute Gasteiger partial charge is 0.238 e. The lowest BCUT2D eigenvalue weighted by Crippen LogP contribution is -2.37. The van der Waals surface area contributed by atoms with Crippen LogP contribution < -0.4 is 5.32 Å². The van der Waals surface area contributed by atoms with E-state index in [4.69, 9.17) is 0 Å². The van der Waals surface area contributed by atoms with Crippen LogP contribution in [0.1, 0.15) is 24.4 Å². The largest absolute Gasteiger partial charge is 0.318 e. The quantitative estimate of drug-likeness (QED) is 0.891. The normalized spacial score (nSPS) is 22.1. The zero-order chi connectivity index (χ0) is 12.3. The van der Waals surface area contributed by atoms with Crippen molar-refractivity contribution >= 4 is 29.0 Å². The molecule has 1 aromatic rings. The third-order valence-electron chi connectivity index (χ3n) is 3.04. The fourth-order valence-electron chi connectivity index (χ4n) is 2.13. The number of nitrogens with zero attached hydrogens (tertiary/aromatic N) is 1. The van der Waals surface area contributed by atoms with Gasteiger partial charge in [0.25, 0.3) is 0 Å². The first-order valence-electron chi connectivity index (χ1n) is 5.81. The number of thiophene rings is 1. The number of carbonyl (C=O) groups is 1. The van der Waals surface area contributed by atoms with Crippen LogP contribution in [-0.2, 0) is 4.79 Å². The summed E-state index contributed by atoms with van der Waals surface area (Å²) in [6.45, 7) is 2.61. The van der Waals surface area contributed by atoms with Crippen LogP contribution in [0.3, 0.4) is 0 Å². The summed E-state index contributed by atoms with van der Waals surface area (Å²) < 4.78 is 0. The molecule has 0 radical (unpaired) electrons. The van der Waals surface area contributed by atoms with Gasteiger partial charge in [-0.05, 0) is 36.8 Å². The van der Waals surface area contributed by atoms with Crippen molar-refractivity contribution < 1.29 is 4.79 Å². The Labute approximate surface area is 111 Å². The molecule has 2 rings (SSSR count). The number of hydrogen-bond acceptors (Lipinski definition) is 4. The Morgan fingerprint density at radius 2 is 2.53 bits per heavy atom. The van der Waals surface area contributed by atoms with Gasteiger partial charge in [-0.1, -0.05) is 6.07 Å². The van der Waals surface area contributed by atoms with Crippen molar-refractivity contribution in [3.8, 4) is 0 Å². The van der Waals surface area contributed by atoms with E-state index in [1.165, 1.54) is 4.88 Å². The van der Waals surface area contributed by atoms with Crippen molar-refractivity contribution in [2.24, 2.45) is 0 Å². The Kier molecular flexibility index (Phi) is 4.48. The van der Waals surface area contributed by atoms with E-state index in [9.17, 15) is 4.79 Å². The second-order valence-electron chi connectivity index (χ2n) is 4.23. The summed E-state index contributed by atoms with van der Waals surface area (Å²) in [5, 5.41) is 5.36. The van der Waals surface area contributed by atoms with E-state index in [1.54, 1.807) is 11.3 Å². The Balaban J connectivity index is 2.09. The van der Waals surface area contributed by atoms with E-state index < -0.39 is 0 Å². The molecule has 0 spiro atoms. The van der Waals surface area contributed by atoms with Gasteiger partial charge in [0.2, 0.25) is 5.91 Å². The molecule has 0 bridgehead atoms. The average molecular weight is 270 g/mol. The van der Waals surface area contributed by atoms with E-state index >= 15 is 0 Å². The van der Waals surface area contributed by atoms with Gasteiger partial charge in [-0.2, -0.15) is 11.8 Å². The number of hydrogen-bond donors (Lipinski definition) is 1. The summed E-state index contributed by atoms with van der Waals surface area (Å²) in [7, 11) is 0. The van der Waals surface area contributed by atoms with E-state index in [0.29, 0.717) is 12.6 Å². The highest BCUT2D eigenvalue weighted by atomic mass is 32.2. The molecule has 1 aliphatic rings. The second kappa shape index (κ2) is 5.89. The number of amides is 1. The van der Waals surface area contributed by atoms with Crippen molar-refractivity contribution in [1.29, 1.82) is 0 Å². The number of thioether (sulfide) groups is 1. The molecule has 17 heavy (non-hydrogen) atoms. The van der Waals surface area contributed by atoms with Gasteiger partial charge >= 0.3 is 0 Å².